The van der Waals surface area contributed by atoms with Crippen LogP contribution in [0.3, 0.4) is 0 Å². The maximum absolute atomic E-state index is 13.8. The van der Waals surface area contributed by atoms with E-state index in [1.807, 2.05) is 6.92 Å². The molecule has 1 atom stereocenters. The Balaban J connectivity index is 2.22. The van der Waals surface area contributed by atoms with Crippen LogP contribution in [0, 0.1) is 11.2 Å². The summed E-state index contributed by atoms with van der Waals surface area (Å²) in [5.74, 6) is -1.47. The summed E-state index contributed by atoms with van der Waals surface area (Å²) in [6.07, 6.45) is 0. The van der Waals surface area contributed by atoms with E-state index >= 15 is 0 Å². The van der Waals surface area contributed by atoms with Gasteiger partial charge >= 0.3 is 5.97 Å². The van der Waals surface area contributed by atoms with Crippen LogP contribution in [0.4, 0.5) is 4.39 Å². The lowest BCUT2D eigenvalue weighted by Crippen LogP contribution is -2.49. The highest BCUT2D eigenvalue weighted by Crippen LogP contribution is 2.31. The molecule has 116 valence electrons. The molecule has 5 nitrogen and oxygen atoms in total. The molecule has 0 radical (unpaired) electrons. The number of aliphatic carboxylic acids is 1. The highest BCUT2D eigenvalue weighted by atomic mass is 19.1. The van der Waals surface area contributed by atoms with E-state index in [1.54, 1.807) is 18.0 Å². The number of hydrogen-bond donors (Lipinski definition) is 1. The molecule has 1 aliphatic rings. The SMILES string of the molecule is COc1ccc(C(C(=O)O)N(C)CC2(C)COC2)cc1F. The first-order valence-electron chi connectivity index (χ1n) is 6.70. The van der Waals surface area contributed by atoms with E-state index in [0.717, 1.165) is 0 Å². The topological polar surface area (TPSA) is 59.0 Å². The fourth-order valence-electron chi connectivity index (χ4n) is 2.67. The lowest BCUT2D eigenvalue weighted by Gasteiger charge is -2.42. The Hall–Kier alpha value is -1.66. The van der Waals surface area contributed by atoms with Gasteiger partial charge in [0.1, 0.15) is 6.04 Å². The number of nitrogens with zero attached hydrogens (tertiary/aromatic N) is 1. The van der Waals surface area contributed by atoms with Crippen LogP contribution >= 0.6 is 0 Å². The fraction of sp³-hybridized carbons (Fsp3) is 0.533. The number of hydrogen-bond acceptors (Lipinski definition) is 4. The molecule has 0 amide bonds. The average Bonchev–Trinajstić information content (AvgIpc) is 2.36. The van der Waals surface area contributed by atoms with Gasteiger partial charge in [0.25, 0.3) is 0 Å². The summed E-state index contributed by atoms with van der Waals surface area (Å²) < 4.78 is 23.8. The van der Waals surface area contributed by atoms with Gasteiger partial charge in [0.15, 0.2) is 11.6 Å². The molecule has 1 aromatic rings. The molecule has 0 aromatic heterocycles. The second-order valence-electron chi connectivity index (χ2n) is 5.85. The van der Waals surface area contributed by atoms with Crippen molar-refractivity contribution in [1.29, 1.82) is 0 Å². The zero-order chi connectivity index (χ0) is 15.6. The first-order chi connectivity index (χ1) is 9.86. The molecule has 0 saturated carbocycles. The minimum atomic E-state index is -1.01. The molecule has 6 heteroatoms. The van der Waals surface area contributed by atoms with E-state index in [1.165, 1.54) is 19.2 Å². The Bertz CT molecular complexity index is 530. The van der Waals surface area contributed by atoms with Gasteiger partial charge in [-0.05, 0) is 24.7 Å². The van der Waals surface area contributed by atoms with Gasteiger partial charge in [-0.2, -0.15) is 0 Å². The van der Waals surface area contributed by atoms with Crippen molar-refractivity contribution in [1.82, 2.24) is 4.90 Å². The minimum absolute atomic E-state index is 0.0481. The van der Waals surface area contributed by atoms with Gasteiger partial charge in [0.05, 0.1) is 20.3 Å². The number of rotatable bonds is 6. The van der Waals surface area contributed by atoms with Crippen molar-refractivity contribution >= 4 is 5.97 Å². The lowest BCUT2D eigenvalue weighted by molar-refractivity contribution is -0.148. The first-order valence-corrected chi connectivity index (χ1v) is 6.70. The Morgan fingerprint density at radius 2 is 2.24 bits per heavy atom. The Labute approximate surface area is 123 Å². The second-order valence-corrected chi connectivity index (χ2v) is 5.85. The predicted octanol–water partition coefficient (Wildman–Crippen LogP) is 1.93. The molecule has 0 spiro atoms. The summed E-state index contributed by atoms with van der Waals surface area (Å²) in [7, 11) is 3.10. The summed E-state index contributed by atoms with van der Waals surface area (Å²) in [6, 6.07) is 3.34. The molecule has 0 bridgehead atoms. The monoisotopic (exact) mass is 297 g/mol. The minimum Gasteiger partial charge on any atom is -0.494 e. The maximum Gasteiger partial charge on any atom is 0.325 e. The molecule has 21 heavy (non-hydrogen) atoms. The number of carbonyl (C=O) groups is 1. The molecule has 1 heterocycles. The van der Waals surface area contributed by atoms with Gasteiger partial charge in [-0.1, -0.05) is 13.0 Å². The highest BCUT2D eigenvalue weighted by Gasteiger charge is 2.37. The van der Waals surface area contributed by atoms with Crippen molar-refractivity contribution in [2.45, 2.75) is 13.0 Å². The van der Waals surface area contributed by atoms with Crippen LogP contribution in [0.5, 0.6) is 5.75 Å². The van der Waals surface area contributed by atoms with E-state index in [4.69, 9.17) is 9.47 Å². The van der Waals surface area contributed by atoms with E-state index in [2.05, 4.69) is 0 Å². The van der Waals surface area contributed by atoms with E-state index in [-0.39, 0.29) is 11.2 Å². The summed E-state index contributed by atoms with van der Waals surface area (Å²) in [4.78, 5) is 13.3. The molecular weight excluding hydrogens is 277 g/mol. The highest BCUT2D eigenvalue weighted by molar-refractivity contribution is 5.75. The predicted molar refractivity (Wildman–Crippen MR) is 74.9 cm³/mol. The summed E-state index contributed by atoms with van der Waals surface area (Å²) in [6.45, 7) is 3.83. The third-order valence-electron chi connectivity index (χ3n) is 3.70. The van der Waals surface area contributed by atoms with Crippen LogP contribution in [-0.2, 0) is 9.53 Å². The Kier molecular flexibility index (Phi) is 4.49. The zero-order valence-corrected chi connectivity index (χ0v) is 12.4. The van der Waals surface area contributed by atoms with Crippen LogP contribution in [0.15, 0.2) is 18.2 Å². The number of carboxylic acids is 1. The number of methoxy groups -OCH3 is 1. The van der Waals surface area contributed by atoms with Crippen molar-refractivity contribution in [3.63, 3.8) is 0 Å². The van der Waals surface area contributed by atoms with Gasteiger partial charge in [-0.25, -0.2) is 4.39 Å². The summed E-state index contributed by atoms with van der Waals surface area (Å²) in [5, 5.41) is 9.48. The van der Waals surface area contributed by atoms with Crippen molar-refractivity contribution < 1.29 is 23.8 Å². The van der Waals surface area contributed by atoms with Crippen molar-refractivity contribution in [3.05, 3.63) is 29.6 Å². The van der Waals surface area contributed by atoms with Crippen LogP contribution in [-0.4, -0.2) is 49.9 Å². The van der Waals surface area contributed by atoms with Crippen LogP contribution in [0.25, 0.3) is 0 Å². The largest absolute Gasteiger partial charge is 0.494 e. The molecule has 1 aromatic carbocycles. The number of likely N-dealkylation sites (N-methyl/N-ethyl adjacent to an activating group) is 1. The molecule has 0 aliphatic carbocycles. The zero-order valence-electron chi connectivity index (χ0n) is 12.4. The Morgan fingerprint density at radius 3 is 2.67 bits per heavy atom. The summed E-state index contributed by atoms with van der Waals surface area (Å²) in [5.41, 5.74) is 0.347. The smallest absolute Gasteiger partial charge is 0.325 e. The van der Waals surface area contributed by atoms with Crippen LogP contribution in [0.1, 0.15) is 18.5 Å². The van der Waals surface area contributed by atoms with E-state index < -0.39 is 17.8 Å². The van der Waals surface area contributed by atoms with Crippen LogP contribution in [0.2, 0.25) is 0 Å². The van der Waals surface area contributed by atoms with Crippen LogP contribution < -0.4 is 4.74 Å². The normalized spacial score (nSPS) is 18.1. The maximum atomic E-state index is 13.8. The first kappa shape index (κ1) is 15.7. The fourth-order valence-corrected chi connectivity index (χ4v) is 2.67. The number of carboxylic acid groups (broad SMARTS) is 1. The third kappa shape index (κ3) is 3.33. The molecule has 1 unspecified atom stereocenters. The molecule has 1 N–H and O–H groups in total. The van der Waals surface area contributed by atoms with Crippen molar-refractivity contribution in [2.24, 2.45) is 5.41 Å². The van der Waals surface area contributed by atoms with Crippen molar-refractivity contribution in [3.8, 4) is 5.75 Å². The lowest BCUT2D eigenvalue weighted by atomic mass is 9.87. The molecule has 1 saturated heterocycles. The average molecular weight is 297 g/mol. The Morgan fingerprint density at radius 1 is 1.57 bits per heavy atom. The molecular formula is C15H20FNO4. The van der Waals surface area contributed by atoms with Gasteiger partial charge in [-0.15, -0.1) is 0 Å². The standard InChI is InChI=1S/C15H20FNO4/c1-15(8-21-9-15)7-17(2)13(14(18)19)10-4-5-12(20-3)11(16)6-10/h4-6,13H,7-9H2,1-3H3,(H,18,19). The van der Waals surface area contributed by atoms with Gasteiger partial charge in [0, 0.05) is 12.0 Å². The number of ether oxygens (including phenoxy) is 2. The van der Waals surface area contributed by atoms with Gasteiger partial charge in [-0.3, -0.25) is 9.69 Å². The van der Waals surface area contributed by atoms with E-state index in [0.29, 0.717) is 25.3 Å². The molecule has 1 aliphatic heterocycles. The second kappa shape index (κ2) is 5.99. The molecule has 2 rings (SSSR count). The third-order valence-corrected chi connectivity index (χ3v) is 3.70. The number of halogens is 1. The van der Waals surface area contributed by atoms with Gasteiger partial charge in [0.2, 0.25) is 0 Å². The quantitative estimate of drug-likeness (QED) is 0.869. The van der Waals surface area contributed by atoms with E-state index in [9.17, 15) is 14.3 Å². The van der Waals surface area contributed by atoms with Gasteiger partial charge < -0.3 is 14.6 Å². The summed E-state index contributed by atoms with van der Waals surface area (Å²) >= 11 is 0. The number of benzene rings is 1. The molecule has 1 fully saturated rings. The van der Waals surface area contributed by atoms with Crippen molar-refractivity contribution in [2.75, 3.05) is 33.9 Å².